The number of hydrogen-bond acceptors (Lipinski definition) is 1. The number of aryl methyl sites for hydroxylation is 2. The second kappa shape index (κ2) is 2.81. The second-order valence-corrected chi connectivity index (χ2v) is 3.53. The Morgan fingerprint density at radius 1 is 1.42 bits per heavy atom. The average Bonchev–Trinajstić information content (AvgIpc) is 2.07. The molecule has 0 N–H and O–H groups in total. The van der Waals surface area contributed by atoms with E-state index in [1.807, 2.05) is 0 Å². The highest BCUT2D eigenvalue weighted by molar-refractivity contribution is 5.42. The maximum Gasteiger partial charge on any atom is 0.125 e. The fourth-order valence-corrected chi connectivity index (χ4v) is 1.70. The Kier molecular flexibility index (Phi) is 1.80. The van der Waals surface area contributed by atoms with Crippen LogP contribution < -0.4 is 4.74 Å². The Hall–Kier alpha value is -0.980. The molecule has 0 aliphatic carbocycles. The SMILES string of the molecule is Cc1cccc2c1OC(C)CC2. The van der Waals surface area contributed by atoms with E-state index in [9.17, 15) is 0 Å². The number of benzene rings is 1. The van der Waals surface area contributed by atoms with Gasteiger partial charge in [-0.3, -0.25) is 0 Å². The van der Waals surface area contributed by atoms with Gasteiger partial charge >= 0.3 is 0 Å². The summed E-state index contributed by atoms with van der Waals surface area (Å²) in [5.41, 5.74) is 2.63. The van der Waals surface area contributed by atoms with Crippen LogP contribution in [0.1, 0.15) is 24.5 Å². The highest BCUT2D eigenvalue weighted by Crippen LogP contribution is 2.30. The second-order valence-electron chi connectivity index (χ2n) is 3.53. The zero-order valence-electron chi connectivity index (χ0n) is 7.63. The summed E-state index contributed by atoms with van der Waals surface area (Å²) in [4.78, 5) is 0. The van der Waals surface area contributed by atoms with Crippen LogP contribution in [0.25, 0.3) is 0 Å². The Labute approximate surface area is 73.4 Å². The molecule has 1 aliphatic heterocycles. The van der Waals surface area contributed by atoms with E-state index >= 15 is 0 Å². The molecule has 64 valence electrons. The standard InChI is InChI=1S/C11H14O/c1-8-4-3-5-10-7-6-9(2)12-11(8)10/h3-5,9H,6-7H2,1-2H3. The summed E-state index contributed by atoms with van der Waals surface area (Å²) < 4.78 is 5.76. The first-order valence-corrected chi connectivity index (χ1v) is 4.52. The summed E-state index contributed by atoms with van der Waals surface area (Å²) in [6.07, 6.45) is 2.70. The maximum atomic E-state index is 5.76. The normalized spacial score (nSPS) is 21.3. The molecule has 12 heavy (non-hydrogen) atoms. The smallest absolute Gasteiger partial charge is 0.125 e. The van der Waals surface area contributed by atoms with Crippen LogP contribution in [0.4, 0.5) is 0 Å². The summed E-state index contributed by atoms with van der Waals surface area (Å²) in [7, 11) is 0. The molecule has 0 saturated carbocycles. The van der Waals surface area contributed by atoms with Crippen molar-refractivity contribution in [3.05, 3.63) is 29.3 Å². The van der Waals surface area contributed by atoms with Crippen molar-refractivity contribution in [3.63, 3.8) is 0 Å². The molecule has 0 spiro atoms. The van der Waals surface area contributed by atoms with Gasteiger partial charge in [-0.2, -0.15) is 0 Å². The molecule has 1 aliphatic rings. The summed E-state index contributed by atoms with van der Waals surface area (Å²) in [6.45, 7) is 4.24. The van der Waals surface area contributed by atoms with Crippen molar-refractivity contribution in [1.29, 1.82) is 0 Å². The summed E-state index contributed by atoms with van der Waals surface area (Å²) in [6, 6.07) is 6.37. The van der Waals surface area contributed by atoms with Crippen molar-refractivity contribution < 1.29 is 4.74 Å². The Morgan fingerprint density at radius 3 is 3.08 bits per heavy atom. The minimum Gasteiger partial charge on any atom is -0.490 e. The molecule has 0 fully saturated rings. The summed E-state index contributed by atoms with van der Waals surface area (Å²) in [5.74, 6) is 1.12. The number of fused-ring (bicyclic) bond motifs is 1. The van der Waals surface area contributed by atoms with Crippen LogP contribution in [0.5, 0.6) is 5.75 Å². The molecule has 1 heterocycles. The van der Waals surface area contributed by atoms with E-state index in [0.29, 0.717) is 6.10 Å². The molecule has 0 aromatic heterocycles. The van der Waals surface area contributed by atoms with Gasteiger partial charge in [-0.1, -0.05) is 18.2 Å². The Balaban J connectivity index is 2.43. The molecular formula is C11H14O. The first kappa shape index (κ1) is 7.66. The van der Waals surface area contributed by atoms with Crippen molar-refractivity contribution in [2.45, 2.75) is 32.8 Å². The van der Waals surface area contributed by atoms with E-state index in [0.717, 1.165) is 18.6 Å². The molecule has 0 bridgehead atoms. The fraction of sp³-hybridized carbons (Fsp3) is 0.455. The third kappa shape index (κ3) is 1.20. The van der Waals surface area contributed by atoms with Crippen molar-refractivity contribution in [3.8, 4) is 5.75 Å². The number of ether oxygens (including phenoxy) is 1. The van der Waals surface area contributed by atoms with E-state index in [4.69, 9.17) is 4.74 Å². The molecule has 0 radical (unpaired) electrons. The van der Waals surface area contributed by atoms with Gasteiger partial charge < -0.3 is 4.74 Å². The lowest BCUT2D eigenvalue weighted by atomic mass is 10.0. The maximum absolute atomic E-state index is 5.76. The van der Waals surface area contributed by atoms with Crippen molar-refractivity contribution >= 4 is 0 Å². The van der Waals surface area contributed by atoms with Crippen molar-refractivity contribution in [1.82, 2.24) is 0 Å². The van der Waals surface area contributed by atoms with E-state index in [1.54, 1.807) is 0 Å². The zero-order chi connectivity index (χ0) is 8.55. The van der Waals surface area contributed by atoms with E-state index in [-0.39, 0.29) is 0 Å². The van der Waals surface area contributed by atoms with Crippen LogP contribution in [0, 0.1) is 6.92 Å². The van der Waals surface area contributed by atoms with Gasteiger partial charge in [0.25, 0.3) is 0 Å². The highest BCUT2D eigenvalue weighted by Gasteiger charge is 2.16. The van der Waals surface area contributed by atoms with Crippen LogP contribution >= 0.6 is 0 Å². The molecule has 2 rings (SSSR count). The molecule has 1 aromatic carbocycles. The first-order chi connectivity index (χ1) is 5.77. The Morgan fingerprint density at radius 2 is 2.25 bits per heavy atom. The topological polar surface area (TPSA) is 9.23 Å². The van der Waals surface area contributed by atoms with Gasteiger partial charge in [-0.15, -0.1) is 0 Å². The van der Waals surface area contributed by atoms with Crippen LogP contribution in [-0.4, -0.2) is 6.10 Å². The van der Waals surface area contributed by atoms with Gasteiger partial charge in [0, 0.05) is 0 Å². The number of rotatable bonds is 0. The van der Waals surface area contributed by atoms with Gasteiger partial charge in [0.1, 0.15) is 5.75 Å². The van der Waals surface area contributed by atoms with E-state index in [2.05, 4.69) is 32.0 Å². The predicted molar refractivity (Wildman–Crippen MR) is 49.6 cm³/mol. The lowest BCUT2D eigenvalue weighted by Crippen LogP contribution is -2.19. The highest BCUT2D eigenvalue weighted by atomic mass is 16.5. The summed E-state index contributed by atoms with van der Waals surface area (Å²) in [5, 5.41) is 0. The van der Waals surface area contributed by atoms with Gasteiger partial charge in [0.2, 0.25) is 0 Å². The lowest BCUT2D eigenvalue weighted by molar-refractivity contribution is 0.191. The molecule has 1 nitrogen and oxygen atoms in total. The first-order valence-electron chi connectivity index (χ1n) is 4.52. The van der Waals surface area contributed by atoms with Gasteiger partial charge in [0.15, 0.2) is 0 Å². The molecule has 0 saturated heterocycles. The van der Waals surface area contributed by atoms with Gasteiger partial charge in [-0.05, 0) is 37.8 Å². The third-order valence-corrected chi connectivity index (χ3v) is 2.43. The molecule has 1 unspecified atom stereocenters. The number of hydrogen-bond donors (Lipinski definition) is 0. The minimum absolute atomic E-state index is 0.388. The molecular weight excluding hydrogens is 148 g/mol. The summed E-state index contributed by atoms with van der Waals surface area (Å²) >= 11 is 0. The largest absolute Gasteiger partial charge is 0.490 e. The lowest BCUT2D eigenvalue weighted by Gasteiger charge is -2.24. The Bertz CT molecular complexity index is 291. The third-order valence-electron chi connectivity index (χ3n) is 2.43. The molecule has 1 atom stereocenters. The minimum atomic E-state index is 0.388. The quantitative estimate of drug-likeness (QED) is 0.570. The monoisotopic (exact) mass is 162 g/mol. The fourth-order valence-electron chi connectivity index (χ4n) is 1.70. The molecule has 1 heteroatoms. The average molecular weight is 162 g/mol. The number of para-hydroxylation sites is 1. The van der Waals surface area contributed by atoms with Gasteiger partial charge in [0.05, 0.1) is 6.10 Å². The van der Waals surface area contributed by atoms with E-state index in [1.165, 1.54) is 11.1 Å². The molecule has 1 aromatic rings. The van der Waals surface area contributed by atoms with E-state index < -0.39 is 0 Å². The predicted octanol–water partition coefficient (Wildman–Crippen LogP) is 2.71. The van der Waals surface area contributed by atoms with Crippen molar-refractivity contribution in [2.24, 2.45) is 0 Å². The zero-order valence-corrected chi connectivity index (χ0v) is 7.63. The van der Waals surface area contributed by atoms with Crippen LogP contribution in [0.15, 0.2) is 18.2 Å². The van der Waals surface area contributed by atoms with Crippen molar-refractivity contribution in [2.75, 3.05) is 0 Å². The van der Waals surface area contributed by atoms with Crippen LogP contribution in [0.2, 0.25) is 0 Å². The molecule has 0 amide bonds. The van der Waals surface area contributed by atoms with Crippen LogP contribution in [-0.2, 0) is 6.42 Å². The van der Waals surface area contributed by atoms with Crippen LogP contribution in [0.3, 0.4) is 0 Å². The van der Waals surface area contributed by atoms with Gasteiger partial charge in [-0.25, -0.2) is 0 Å².